The van der Waals surface area contributed by atoms with Gasteiger partial charge in [-0.1, -0.05) is 42.5 Å². The fourth-order valence-electron chi connectivity index (χ4n) is 5.39. The van der Waals surface area contributed by atoms with E-state index in [4.69, 9.17) is 16.0 Å². The fraction of sp³-hybridized carbons (Fsp3) is 0.433. The van der Waals surface area contributed by atoms with Crippen LogP contribution in [0.2, 0.25) is 0 Å². The topological polar surface area (TPSA) is 49.5 Å². The molecule has 36 heavy (non-hydrogen) atoms. The van der Waals surface area contributed by atoms with Crippen LogP contribution in [0.5, 0.6) is 5.75 Å². The fourth-order valence-corrected chi connectivity index (χ4v) is 5.39. The van der Waals surface area contributed by atoms with Crippen LogP contribution in [-0.2, 0) is 11.3 Å². The lowest BCUT2D eigenvalue weighted by Gasteiger charge is -2.39. The third-order valence-electron chi connectivity index (χ3n) is 7.61. The molecule has 2 heterocycles. The second-order valence-corrected chi connectivity index (χ2v) is 10.1. The maximum absolute atomic E-state index is 11.2. The van der Waals surface area contributed by atoms with E-state index in [1.165, 1.54) is 5.56 Å². The largest absolute Gasteiger partial charge is 0.493 e. The first-order chi connectivity index (χ1) is 17.5. The molecule has 0 spiro atoms. The smallest absolute Gasteiger partial charge is 0.195 e. The van der Waals surface area contributed by atoms with Crippen molar-refractivity contribution in [1.82, 2.24) is 4.90 Å². The molecule has 0 atom stereocenters. The van der Waals surface area contributed by atoms with Crippen molar-refractivity contribution in [2.75, 3.05) is 50.9 Å². The van der Waals surface area contributed by atoms with Crippen molar-refractivity contribution in [3.05, 3.63) is 77.1 Å². The van der Waals surface area contributed by atoms with Crippen molar-refractivity contribution in [3.63, 3.8) is 0 Å². The van der Waals surface area contributed by atoms with Gasteiger partial charge in [0.15, 0.2) is 5.69 Å². The molecule has 3 aromatic carbocycles. The Hall–Kier alpha value is -3.11. The maximum Gasteiger partial charge on any atom is 0.195 e. The zero-order chi connectivity index (χ0) is 25.0. The number of aryl methyl sites for hydroxylation is 1. The highest BCUT2D eigenvalue weighted by molar-refractivity contribution is 6.02. The Kier molecular flexibility index (Phi) is 7.43. The highest BCUT2D eigenvalue weighted by atomic mass is 16.5. The van der Waals surface area contributed by atoms with Crippen LogP contribution < -0.4 is 9.64 Å². The van der Waals surface area contributed by atoms with Gasteiger partial charge in [-0.05, 0) is 53.8 Å². The summed E-state index contributed by atoms with van der Waals surface area (Å²) < 4.78 is 11.6. The molecule has 188 valence electrons. The summed E-state index contributed by atoms with van der Waals surface area (Å²) in [5, 5.41) is 13.3. The molecule has 0 saturated carbocycles. The molecule has 6 heteroatoms. The van der Waals surface area contributed by atoms with E-state index in [0.717, 1.165) is 73.7 Å². The number of aliphatic hydroxyl groups is 1. The molecule has 0 aliphatic carbocycles. The van der Waals surface area contributed by atoms with E-state index in [2.05, 4.69) is 51.9 Å². The van der Waals surface area contributed by atoms with Gasteiger partial charge in [0.05, 0.1) is 32.0 Å². The Balaban J connectivity index is 1.15. The predicted molar refractivity (Wildman–Crippen MR) is 144 cm³/mol. The third-order valence-corrected chi connectivity index (χ3v) is 7.61. The summed E-state index contributed by atoms with van der Waals surface area (Å²) in [6.45, 7) is 16.1. The predicted octanol–water partition coefficient (Wildman–Crippen LogP) is 5.33. The number of hydrogen-bond acceptors (Lipinski definition) is 5. The van der Waals surface area contributed by atoms with E-state index in [1.807, 2.05) is 24.3 Å². The van der Waals surface area contributed by atoms with Crippen LogP contribution in [0.4, 0.5) is 11.4 Å². The molecule has 1 N–H and O–H groups in total. The summed E-state index contributed by atoms with van der Waals surface area (Å²) >= 11 is 0. The molecule has 0 radical (unpaired) electrons. The number of morpholine rings is 1. The lowest BCUT2D eigenvalue weighted by molar-refractivity contribution is -0.00271. The zero-order valence-corrected chi connectivity index (χ0v) is 21.1. The van der Waals surface area contributed by atoms with Gasteiger partial charge in [0.1, 0.15) is 5.75 Å². The number of anilines is 1. The summed E-state index contributed by atoms with van der Waals surface area (Å²) in [7, 11) is 0. The molecule has 0 unspecified atom stereocenters. The first kappa shape index (κ1) is 24.6. The quantitative estimate of drug-likeness (QED) is 0.459. The maximum atomic E-state index is 11.2. The first-order valence-corrected chi connectivity index (χ1v) is 12.9. The Morgan fingerprint density at radius 3 is 2.47 bits per heavy atom. The minimum Gasteiger partial charge on any atom is -0.493 e. The van der Waals surface area contributed by atoms with Gasteiger partial charge in [-0.25, -0.2) is 4.85 Å². The lowest BCUT2D eigenvalue weighted by Crippen LogP contribution is -2.45. The minimum absolute atomic E-state index is 0.503. The van der Waals surface area contributed by atoms with E-state index in [0.29, 0.717) is 31.6 Å². The van der Waals surface area contributed by atoms with Gasteiger partial charge in [0.25, 0.3) is 0 Å². The molecule has 2 aliphatic rings. The van der Waals surface area contributed by atoms with Crippen molar-refractivity contribution in [2.24, 2.45) is 0 Å². The van der Waals surface area contributed by atoms with Gasteiger partial charge < -0.3 is 19.5 Å². The van der Waals surface area contributed by atoms with E-state index >= 15 is 0 Å². The Bertz CT molecular complexity index is 1240. The van der Waals surface area contributed by atoms with E-state index in [-0.39, 0.29) is 0 Å². The van der Waals surface area contributed by atoms with Gasteiger partial charge in [-0.3, -0.25) is 4.90 Å². The summed E-state index contributed by atoms with van der Waals surface area (Å²) in [4.78, 5) is 8.43. The zero-order valence-electron chi connectivity index (χ0n) is 21.1. The number of benzene rings is 3. The van der Waals surface area contributed by atoms with E-state index in [1.54, 1.807) is 0 Å². The average molecular weight is 486 g/mol. The molecule has 2 saturated heterocycles. The third kappa shape index (κ3) is 5.49. The molecular weight excluding hydrogens is 450 g/mol. The monoisotopic (exact) mass is 485 g/mol. The summed E-state index contributed by atoms with van der Waals surface area (Å²) in [5.74, 6) is 0.896. The molecule has 2 aliphatic heterocycles. The second kappa shape index (κ2) is 10.9. The van der Waals surface area contributed by atoms with Crippen molar-refractivity contribution in [3.8, 4) is 5.75 Å². The first-order valence-electron chi connectivity index (χ1n) is 12.9. The molecule has 0 amide bonds. The minimum atomic E-state index is -0.715. The van der Waals surface area contributed by atoms with E-state index < -0.39 is 5.60 Å². The molecule has 6 nitrogen and oxygen atoms in total. The standard InChI is InChI=1S/C30H35N3O3/c1-23-21-24(22-32-16-19-35-20-17-32)7-10-29(23)36-18-13-30(34)11-14-33(15-12-30)28-9-8-27(31-2)25-5-3-4-6-26(25)28/h3-10,21,34H,11-20,22H2,1H3. The molecular formula is C30H35N3O3. The average Bonchev–Trinajstić information content (AvgIpc) is 2.90. The summed E-state index contributed by atoms with van der Waals surface area (Å²) in [5.41, 5.74) is 3.54. The Labute approximate surface area is 213 Å². The van der Waals surface area contributed by atoms with Gasteiger partial charge in [0.2, 0.25) is 0 Å². The number of ether oxygens (including phenoxy) is 2. The number of nitrogens with zero attached hydrogens (tertiary/aromatic N) is 3. The SMILES string of the molecule is [C-]#[N+]c1ccc(N2CCC(O)(CCOc3ccc(CN4CCOCC4)cc3C)CC2)c2ccccc12. The molecule has 0 bridgehead atoms. The Morgan fingerprint density at radius 1 is 1.00 bits per heavy atom. The van der Waals surface area contributed by atoms with Crippen molar-refractivity contribution in [1.29, 1.82) is 0 Å². The molecule has 0 aromatic heterocycles. The second-order valence-electron chi connectivity index (χ2n) is 10.1. The molecule has 5 rings (SSSR count). The van der Waals surface area contributed by atoms with Gasteiger partial charge in [0, 0.05) is 44.8 Å². The van der Waals surface area contributed by atoms with Gasteiger partial charge in [-0.2, -0.15) is 0 Å². The summed E-state index contributed by atoms with van der Waals surface area (Å²) in [6, 6.07) is 18.5. The van der Waals surface area contributed by atoms with Crippen molar-refractivity contribution in [2.45, 2.75) is 38.3 Å². The van der Waals surface area contributed by atoms with Crippen LogP contribution in [-0.4, -0.2) is 61.6 Å². The molecule has 2 fully saturated rings. The van der Waals surface area contributed by atoms with Crippen LogP contribution in [0.15, 0.2) is 54.6 Å². The lowest BCUT2D eigenvalue weighted by atomic mass is 9.88. The van der Waals surface area contributed by atoms with Gasteiger partial charge in [-0.15, -0.1) is 0 Å². The summed E-state index contributed by atoms with van der Waals surface area (Å²) in [6.07, 6.45) is 2.02. The van der Waals surface area contributed by atoms with Crippen LogP contribution in [0.25, 0.3) is 15.6 Å². The normalized spacial score (nSPS) is 18.2. The van der Waals surface area contributed by atoms with Crippen LogP contribution in [0.3, 0.4) is 0 Å². The van der Waals surface area contributed by atoms with Gasteiger partial charge >= 0.3 is 0 Å². The Morgan fingerprint density at radius 2 is 1.75 bits per heavy atom. The van der Waals surface area contributed by atoms with E-state index in [9.17, 15) is 5.11 Å². The number of hydrogen-bond donors (Lipinski definition) is 1. The van der Waals surface area contributed by atoms with Crippen molar-refractivity contribution >= 4 is 22.1 Å². The highest BCUT2D eigenvalue weighted by Gasteiger charge is 2.32. The number of piperidine rings is 1. The van der Waals surface area contributed by atoms with Crippen LogP contribution in [0.1, 0.15) is 30.4 Å². The highest BCUT2D eigenvalue weighted by Crippen LogP contribution is 2.37. The number of rotatable bonds is 7. The van der Waals surface area contributed by atoms with Crippen LogP contribution >= 0.6 is 0 Å². The number of fused-ring (bicyclic) bond motifs is 1. The van der Waals surface area contributed by atoms with Crippen molar-refractivity contribution < 1.29 is 14.6 Å². The molecule has 3 aromatic rings. The van der Waals surface area contributed by atoms with Crippen LogP contribution in [0, 0.1) is 13.5 Å².